The molecule has 0 aliphatic carbocycles. The van der Waals surface area contributed by atoms with Gasteiger partial charge < -0.3 is 5.73 Å². The Balaban J connectivity index is 2.32. The van der Waals surface area contributed by atoms with Crippen molar-refractivity contribution in [2.24, 2.45) is 0 Å². The van der Waals surface area contributed by atoms with Crippen molar-refractivity contribution in [1.29, 1.82) is 0 Å². The number of nitro groups is 1. The summed E-state index contributed by atoms with van der Waals surface area (Å²) in [6.45, 7) is 0. The number of para-hydroxylation sites is 1. The Morgan fingerprint density at radius 3 is 2.27 bits per heavy atom. The first-order valence-electron chi connectivity index (χ1n) is 6.81. The van der Waals surface area contributed by atoms with E-state index >= 15 is 0 Å². The molecule has 22 heavy (non-hydrogen) atoms. The quantitative estimate of drug-likeness (QED) is 0.248. The third-order valence-corrected chi connectivity index (χ3v) is 3.91. The van der Waals surface area contributed by atoms with Gasteiger partial charge in [0.2, 0.25) is 0 Å². The molecule has 0 amide bonds. The monoisotopic (exact) mass is 289 g/mol. The summed E-state index contributed by atoms with van der Waals surface area (Å²) in [5.74, 6) is 0. The fourth-order valence-electron chi connectivity index (χ4n) is 2.88. The van der Waals surface area contributed by atoms with Gasteiger partial charge in [-0.1, -0.05) is 36.4 Å². The lowest BCUT2D eigenvalue weighted by Crippen LogP contribution is -1.96. The van der Waals surface area contributed by atoms with E-state index in [0.29, 0.717) is 22.0 Å². The van der Waals surface area contributed by atoms with E-state index in [-0.39, 0.29) is 10.6 Å². The van der Waals surface area contributed by atoms with Gasteiger partial charge in [0, 0.05) is 22.2 Å². The lowest BCUT2D eigenvalue weighted by molar-refractivity contribution is -0.382. The minimum absolute atomic E-state index is 0.0480. The van der Waals surface area contributed by atoms with Crippen LogP contribution in [0.15, 0.2) is 54.6 Å². The van der Waals surface area contributed by atoms with E-state index in [4.69, 9.17) is 5.73 Å². The zero-order valence-electron chi connectivity index (χ0n) is 11.5. The molecule has 4 aromatic rings. The normalized spacial score (nSPS) is 11.3. The van der Waals surface area contributed by atoms with Crippen molar-refractivity contribution in [1.82, 2.24) is 4.98 Å². The lowest BCUT2D eigenvalue weighted by Gasteiger charge is -2.09. The van der Waals surface area contributed by atoms with Crippen molar-refractivity contribution < 1.29 is 4.92 Å². The second kappa shape index (κ2) is 4.39. The summed E-state index contributed by atoms with van der Waals surface area (Å²) in [5.41, 5.74) is 8.30. The summed E-state index contributed by atoms with van der Waals surface area (Å²) in [7, 11) is 0. The molecule has 1 heterocycles. The van der Waals surface area contributed by atoms with Gasteiger partial charge >= 0.3 is 0 Å². The van der Waals surface area contributed by atoms with E-state index in [1.807, 2.05) is 36.4 Å². The fraction of sp³-hybridized carbons (Fsp3) is 0. The highest BCUT2D eigenvalue weighted by Crippen LogP contribution is 2.37. The molecule has 0 fully saturated rings. The second-order valence-corrected chi connectivity index (χ2v) is 5.14. The summed E-state index contributed by atoms with van der Waals surface area (Å²) in [5, 5.41) is 14.1. The Labute approximate surface area is 125 Å². The van der Waals surface area contributed by atoms with Gasteiger partial charge in [-0.15, -0.1) is 0 Å². The topological polar surface area (TPSA) is 82.0 Å². The molecule has 1 aromatic heterocycles. The van der Waals surface area contributed by atoms with Crippen LogP contribution in [0.2, 0.25) is 0 Å². The Morgan fingerprint density at radius 2 is 1.55 bits per heavy atom. The van der Waals surface area contributed by atoms with Gasteiger partial charge in [0.25, 0.3) is 5.69 Å². The summed E-state index contributed by atoms with van der Waals surface area (Å²) in [6.07, 6.45) is 0. The van der Waals surface area contributed by atoms with Gasteiger partial charge in [-0.25, -0.2) is 4.98 Å². The molecule has 0 radical (unpaired) electrons. The molecule has 4 rings (SSSR count). The molecule has 0 saturated heterocycles. The third kappa shape index (κ3) is 1.62. The Morgan fingerprint density at radius 1 is 0.909 bits per heavy atom. The minimum Gasteiger partial charge on any atom is -0.398 e. The van der Waals surface area contributed by atoms with E-state index in [1.54, 1.807) is 12.1 Å². The number of nitrogens with two attached hydrogens (primary N) is 1. The van der Waals surface area contributed by atoms with Crippen molar-refractivity contribution in [3.8, 4) is 0 Å². The molecule has 2 N–H and O–H groups in total. The molecule has 5 heteroatoms. The Kier molecular flexibility index (Phi) is 2.50. The number of aromatic nitrogens is 1. The average Bonchev–Trinajstić information content (AvgIpc) is 2.54. The van der Waals surface area contributed by atoms with Crippen LogP contribution in [-0.2, 0) is 0 Å². The molecule has 0 atom stereocenters. The zero-order valence-corrected chi connectivity index (χ0v) is 11.5. The number of non-ortho nitro benzene ring substituents is 1. The average molecular weight is 289 g/mol. The number of nitrogen functional groups attached to an aromatic ring is 1. The van der Waals surface area contributed by atoms with Crippen molar-refractivity contribution in [3.63, 3.8) is 0 Å². The van der Waals surface area contributed by atoms with Gasteiger partial charge in [-0.2, -0.15) is 0 Å². The molecule has 0 bridgehead atoms. The Bertz CT molecular complexity index is 1070. The van der Waals surface area contributed by atoms with Crippen LogP contribution in [0.25, 0.3) is 32.6 Å². The van der Waals surface area contributed by atoms with Crippen molar-refractivity contribution in [2.75, 3.05) is 5.73 Å². The molecule has 106 valence electrons. The van der Waals surface area contributed by atoms with Crippen LogP contribution in [0, 0.1) is 10.1 Å². The zero-order chi connectivity index (χ0) is 15.3. The largest absolute Gasteiger partial charge is 0.398 e. The predicted octanol–water partition coefficient (Wildman–Crippen LogP) is 4.03. The molecule has 0 aliphatic rings. The molecule has 0 unspecified atom stereocenters. The van der Waals surface area contributed by atoms with Gasteiger partial charge in [0.15, 0.2) is 0 Å². The van der Waals surface area contributed by atoms with Crippen LogP contribution in [0.4, 0.5) is 11.4 Å². The van der Waals surface area contributed by atoms with E-state index in [1.165, 1.54) is 6.07 Å². The SMILES string of the molecule is Nc1c2ccccc2nc2c1cc([N+](=O)[O-])c1ccccc12. The van der Waals surface area contributed by atoms with E-state index in [9.17, 15) is 10.1 Å². The fourth-order valence-corrected chi connectivity index (χ4v) is 2.88. The Hall–Kier alpha value is -3.21. The first-order chi connectivity index (χ1) is 10.7. The molecule has 0 saturated carbocycles. The minimum atomic E-state index is -0.379. The van der Waals surface area contributed by atoms with Crippen LogP contribution in [0.5, 0.6) is 0 Å². The van der Waals surface area contributed by atoms with Gasteiger partial charge in [-0.05, 0) is 12.1 Å². The van der Waals surface area contributed by atoms with Gasteiger partial charge in [-0.3, -0.25) is 10.1 Å². The summed E-state index contributed by atoms with van der Waals surface area (Å²) < 4.78 is 0. The number of rotatable bonds is 1. The van der Waals surface area contributed by atoms with Crippen molar-refractivity contribution in [3.05, 3.63) is 64.7 Å². The second-order valence-electron chi connectivity index (χ2n) is 5.14. The van der Waals surface area contributed by atoms with Gasteiger partial charge in [0.05, 0.1) is 27.0 Å². The number of nitro benzene ring substituents is 1. The number of hydrogen-bond acceptors (Lipinski definition) is 4. The highest BCUT2D eigenvalue weighted by atomic mass is 16.6. The number of pyridine rings is 1. The molecular weight excluding hydrogens is 278 g/mol. The molecule has 5 nitrogen and oxygen atoms in total. The van der Waals surface area contributed by atoms with Crippen LogP contribution in [0.1, 0.15) is 0 Å². The van der Waals surface area contributed by atoms with Gasteiger partial charge in [0.1, 0.15) is 0 Å². The molecule has 3 aromatic carbocycles. The van der Waals surface area contributed by atoms with E-state index in [0.717, 1.165) is 16.3 Å². The third-order valence-electron chi connectivity index (χ3n) is 3.91. The van der Waals surface area contributed by atoms with E-state index in [2.05, 4.69) is 4.98 Å². The van der Waals surface area contributed by atoms with Crippen LogP contribution in [0.3, 0.4) is 0 Å². The maximum Gasteiger partial charge on any atom is 0.278 e. The van der Waals surface area contributed by atoms with E-state index < -0.39 is 0 Å². The number of nitrogens with zero attached hydrogens (tertiary/aromatic N) is 2. The number of hydrogen-bond donors (Lipinski definition) is 1. The maximum atomic E-state index is 11.4. The first kappa shape index (κ1) is 12.5. The smallest absolute Gasteiger partial charge is 0.278 e. The van der Waals surface area contributed by atoms with Crippen molar-refractivity contribution in [2.45, 2.75) is 0 Å². The lowest BCUT2D eigenvalue weighted by atomic mass is 10.0. The molecule has 0 aliphatic heterocycles. The number of anilines is 1. The number of fused-ring (bicyclic) bond motifs is 4. The van der Waals surface area contributed by atoms with Crippen LogP contribution in [-0.4, -0.2) is 9.91 Å². The van der Waals surface area contributed by atoms with Crippen molar-refractivity contribution >= 4 is 44.0 Å². The summed E-state index contributed by atoms with van der Waals surface area (Å²) in [4.78, 5) is 15.7. The summed E-state index contributed by atoms with van der Waals surface area (Å²) in [6, 6.07) is 16.3. The highest BCUT2D eigenvalue weighted by molar-refractivity contribution is 6.17. The number of benzene rings is 3. The maximum absolute atomic E-state index is 11.4. The first-order valence-corrected chi connectivity index (χ1v) is 6.81. The van der Waals surface area contributed by atoms with Crippen LogP contribution < -0.4 is 5.73 Å². The molecule has 0 spiro atoms. The summed E-state index contributed by atoms with van der Waals surface area (Å²) >= 11 is 0. The molecular formula is C17H11N3O2. The van der Waals surface area contributed by atoms with Crippen LogP contribution >= 0.6 is 0 Å². The highest BCUT2D eigenvalue weighted by Gasteiger charge is 2.18. The predicted molar refractivity (Wildman–Crippen MR) is 87.8 cm³/mol. The standard InChI is InChI=1S/C17H11N3O2/c18-16-12-7-3-4-8-14(12)19-17-11-6-2-1-5-10(11)15(20(21)22)9-13(16)17/h1-9H,(H2,18,19).